The maximum absolute atomic E-state index is 13.1. The van der Waals surface area contributed by atoms with Crippen LogP contribution in [0.3, 0.4) is 0 Å². The van der Waals surface area contributed by atoms with Crippen molar-refractivity contribution < 1.29 is 9.31 Å². The van der Waals surface area contributed by atoms with Gasteiger partial charge in [-0.05, 0) is 23.6 Å². The number of halogens is 2. The van der Waals surface area contributed by atoms with E-state index in [1.165, 1.54) is 17.4 Å². The van der Waals surface area contributed by atoms with E-state index in [0.717, 1.165) is 12.1 Å². The summed E-state index contributed by atoms with van der Waals surface area (Å²) in [5.41, 5.74) is -0.335. The highest BCUT2D eigenvalue weighted by molar-refractivity contribution is 7.11. The predicted molar refractivity (Wildman–Crippen MR) is 75.7 cm³/mol. The Hall–Kier alpha value is -2.23. The first-order valence-electron chi connectivity index (χ1n) is 5.32. The molecule has 2 rings (SSSR count). The molecule has 0 aliphatic heterocycles. The molecule has 0 bridgehead atoms. The van der Waals surface area contributed by atoms with Gasteiger partial charge in [-0.2, -0.15) is 5.26 Å². The number of nitrogens with zero attached hydrogens (tertiary/aromatic N) is 2. The summed E-state index contributed by atoms with van der Waals surface area (Å²) in [5.74, 6) is -0.737. The van der Waals surface area contributed by atoms with Crippen molar-refractivity contribution in [3.05, 3.63) is 62.1 Å². The Morgan fingerprint density at radius 1 is 1.45 bits per heavy atom. The van der Waals surface area contributed by atoms with Crippen LogP contribution in [0.4, 0.5) is 10.1 Å². The number of allylic oxidation sites excluding steroid dienone is 1. The van der Waals surface area contributed by atoms with Gasteiger partial charge in [0.1, 0.15) is 11.9 Å². The molecule has 1 aromatic heterocycles. The standard InChI is InChI=1S/C13H6ClFN2O2S/c14-13(10(7-16)12-2-1-5-20-12)9-4-3-8(15)6-11(9)17(18)19/h1-6H/b13-10+. The van der Waals surface area contributed by atoms with E-state index in [1.54, 1.807) is 17.5 Å². The van der Waals surface area contributed by atoms with E-state index in [4.69, 9.17) is 11.6 Å². The fourth-order valence-corrected chi connectivity index (χ4v) is 2.70. The largest absolute Gasteiger partial charge is 0.281 e. The molecule has 0 aliphatic rings. The summed E-state index contributed by atoms with van der Waals surface area (Å²) in [5, 5.41) is 21.8. The highest BCUT2D eigenvalue weighted by Gasteiger charge is 2.21. The Morgan fingerprint density at radius 3 is 2.75 bits per heavy atom. The van der Waals surface area contributed by atoms with E-state index in [1.807, 2.05) is 6.07 Å². The molecule has 0 fully saturated rings. The fraction of sp³-hybridized carbons (Fsp3) is 0. The minimum absolute atomic E-state index is 0.0167. The van der Waals surface area contributed by atoms with Crippen LogP contribution >= 0.6 is 22.9 Å². The lowest BCUT2D eigenvalue weighted by Crippen LogP contribution is -1.95. The number of hydrogen-bond donors (Lipinski definition) is 0. The van der Waals surface area contributed by atoms with Gasteiger partial charge in [0.05, 0.1) is 27.2 Å². The molecule has 0 N–H and O–H groups in total. The maximum atomic E-state index is 13.1. The Kier molecular flexibility index (Phi) is 4.13. The molecule has 0 amide bonds. The zero-order valence-electron chi connectivity index (χ0n) is 9.84. The number of benzene rings is 1. The third-order valence-corrected chi connectivity index (χ3v) is 3.77. The Labute approximate surface area is 122 Å². The first-order chi connectivity index (χ1) is 9.54. The molecule has 20 heavy (non-hydrogen) atoms. The van der Waals surface area contributed by atoms with Gasteiger partial charge >= 0.3 is 0 Å². The van der Waals surface area contributed by atoms with Crippen molar-refractivity contribution in [3.8, 4) is 6.07 Å². The van der Waals surface area contributed by atoms with Crippen LogP contribution in [0.2, 0.25) is 0 Å². The number of thiophene rings is 1. The van der Waals surface area contributed by atoms with Crippen LogP contribution in [0, 0.1) is 27.3 Å². The van der Waals surface area contributed by atoms with Gasteiger partial charge < -0.3 is 0 Å². The number of rotatable bonds is 3. The van der Waals surface area contributed by atoms with E-state index in [2.05, 4.69) is 0 Å². The molecule has 0 saturated carbocycles. The highest BCUT2D eigenvalue weighted by atomic mass is 35.5. The Morgan fingerprint density at radius 2 is 2.20 bits per heavy atom. The predicted octanol–water partition coefficient (Wildman–Crippen LogP) is 4.43. The second kappa shape index (κ2) is 5.82. The number of nitro benzene ring substituents is 1. The zero-order valence-corrected chi connectivity index (χ0v) is 11.4. The smallest absolute Gasteiger partial charge is 0.258 e. The van der Waals surface area contributed by atoms with Crippen molar-refractivity contribution in [1.29, 1.82) is 5.26 Å². The molecule has 0 radical (unpaired) electrons. The number of hydrogen-bond acceptors (Lipinski definition) is 4. The molecule has 100 valence electrons. The molecule has 7 heteroatoms. The van der Waals surface area contributed by atoms with Crippen molar-refractivity contribution in [2.24, 2.45) is 0 Å². The van der Waals surface area contributed by atoms with Crippen LogP contribution < -0.4 is 0 Å². The van der Waals surface area contributed by atoms with Gasteiger partial charge in [0.2, 0.25) is 0 Å². The van der Waals surface area contributed by atoms with Gasteiger partial charge in [-0.15, -0.1) is 11.3 Å². The van der Waals surface area contributed by atoms with Crippen LogP contribution in [0.5, 0.6) is 0 Å². The maximum Gasteiger partial charge on any atom is 0.281 e. The van der Waals surface area contributed by atoms with Crippen molar-refractivity contribution in [2.75, 3.05) is 0 Å². The van der Waals surface area contributed by atoms with E-state index < -0.39 is 16.4 Å². The molecule has 0 unspecified atom stereocenters. The van der Waals surface area contributed by atoms with Gasteiger partial charge in [-0.1, -0.05) is 17.7 Å². The van der Waals surface area contributed by atoms with Crippen LogP contribution in [0.1, 0.15) is 10.4 Å². The topological polar surface area (TPSA) is 66.9 Å². The molecule has 2 aromatic rings. The third-order valence-electron chi connectivity index (χ3n) is 2.49. The van der Waals surface area contributed by atoms with E-state index in [0.29, 0.717) is 4.88 Å². The summed E-state index contributed by atoms with van der Waals surface area (Å²) in [6, 6.07) is 8.38. The van der Waals surface area contributed by atoms with Crippen molar-refractivity contribution >= 4 is 39.2 Å². The van der Waals surface area contributed by atoms with Crippen LogP contribution in [0.25, 0.3) is 10.6 Å². The van der Waals surface area contributed by atoms with Gasteiger partial charge in [-0.25, -0.2) is 4.39 Å². The second-order valence-electron chi connectivity index (χ2n) is 3.70. The number of nitro groups is 1. The minimum atomic E-state index is -0.737. The molecule has 0 saturated heterocycles. The molecular weight excluding hydrogens is 303 g/mol. The summed E-state index contributed by atoms with van der Waals surface area (Å²) in [6.45, 7) is 0. The molecular formula is C13H6ClFN2O2S. The van der Waals surface area contributed by atoms with Crippen molar-refractivity contribution in [1.82, 2.24) is 0 Å². The van der Waals surface area contributed by atoms with Gasteiger partial charge in [-0.3, -0.25) is 10.1 Å². The third kappa shape index (κ3) is 2.69. The summed E-state index contributed by atoms with van der Waals surface area (Å²) in [6.07, 6.45) is 0. The van der Waals surface area contributed by atoms with Gasteiger partial charge in [0, 0.05) is 4.88 Å². The molecule has 1 heterocycles. The lowest BCUT2D eigenvalue weighted by Gasteiger charge is -2.04. The molecule has 4 nitrogen and oxygen atoms in total. The van der Waals surface area contributed by atoms with Crippen molar-refractivity contribution in [3.63, 3.8) is 0 Å². The molecule has 1 aromatic carbocycles. The molecule has 0 aliphatic carbocycles. The molecule has 0 atom stereocenters. The Balaban J connectivity index is 2.67. The second-order valence-corrected chi connectivity index (χ2v) is 5.02. The van der Waals surface area contributed by atoms with Crippen LogP contribution in [-0.4, -0.2) is 4.92 Å². The van der Waals surface area contributed by atoms with E-state index in [-0.39, 0.29) is 16.2 Å². The first-order valence-corrected chi connectivity index (χ1v) is 6.58. The van der Waals surface area contributed by atoms with Gasteiger partial charge in [0.15, 0.2) is 0 Å². The SMILES string of the molecule is N#C/C(=C(\Cl)c1ccc(F)cc1[N+](=O)[O-])c1cccs1. The quantitative estimate of drug-likeness (QED) is 0.478. The van der Waals surface area contributed by atoms with Crippen LogP contribution in [-0.2, 0) is 0 Å². The monoisotopic (exact) mass is 308 g/mol. The Bertz CT molecular complexity index is 735. The zero-order chi connectivity index (χ0) is 14.7. The summed E-state index contributed by atoms with van der Waals surface area (Å²) in [7, 11) is 0. The lowest BCUT2D eigenvalue weighted by molar-refractivity contribution is -0.385. The first kappa shape index (κ1) is 14.2. The fourth-order valence-electron chi connectivity index (χ4n) is 1.61. The van der Waals surface area contributed by atoms with E-state index >= 15 is 0 Å². The number of nitriles is 1. The summed E-state index contributed by atoms with van der Waals surface area (Å²) < 4.78 is 13.1. The average molecular weight is 309 g/mol. The highest BCUT2D eigenvalue weighted by Crippen LogP contribution is 2.36. The summed E-state index contributed by atoms with van der Waals surface area (Å²) >= 11 is 7.39. The van der Waals surface area contributed by atoms with Crippen LogP contribution in [0.15, 0.2) is 35.7 Å². The summed E-state index contributed by atoms with van der Waals surface area (Å²) in [4.78, 5) is 10.8. The minimum Gasteiger partial charge on any atom is -0.258 e. The normalized spacial score (nSPS) is 11.7. The van der Waals surface area contributed by atoms with E-state index in [9.17, 15) is 19.8 Å². The molecule has 0 spiro atoms. The average Bonchev–Trinajstić information content (AvgIpc) is 2.93. The van der Waals surface area contributed by atoms with Crippen molar-refractivity contribution in [2.45, 2.75) is 0 Å². The lowest BCUT2D eigenvalue weighted by atomic mass is 10.1. The van der Waals surface area contributed by atoms with Gasteiger partial charge in [0.25, 0.3) is 5.69 Å².